The van der Waals surface area contributed by atoms with Gasteiger partial charge >= 0.3 is 0 Å². The molecule has 2 rings (SSSR count). The second-order valence-corrected chi connectivity index (χ2v) is 3.17. The van der Waals surface area contributed by atoms with Crippen LogP contribution in [-0.4, -0.2) is 24.8 Å². The molecule has 0 saturated heterocycles. The van der Waals surface area contributed by atoms with E-state index < -0.39 is 0 Å². The number of hydrogen-bond acceptors (Lipinski definition) is 5. The van der Waals surface area contributed by atoms with Gasteiger partial charge in [0.15, 0.2) is 0 Å². The first kappa shape index (κ1) is 9.38. The van der Waals surface area contributed by atoms with Crippen LogP contribution in [0.3, 0.4) is 0 Å². The predicted octanol–water partition coefficient (Wildman–Crippen LogP) is -0.998. The molecule has 0 spiro atoms. The Hall–Kier alpha value is -2.18. The summed E-state index contributed by atoms with van der Waals surface area (Å²) in [5.74, 6) is 0. The van der Waals surface area contributed by atoms with Crippen LogP contribution in [0.25, 0.3) is 0 Å². The summed E-state index contributed by atoms with van der Waals surface area (Å²) in [6.07, 6.45) is 3.16. The molecular weight excluding hydrogens is 196 g/mol. The highest BCUT2D eigenvalue weighted by atomic mass is 16.1. The lowest BCUT2D eigenvalue weighted by atomic mass is 10.4. The second-order valence-electron chi connectivity index (χ2n) is 3.17. The summed E-state index contributed by atoms with van der Waals surface area (Å²) in [6, 6.07) is 1.32. The van der Waals surface area contributed by atoms with Crippen LogP contribution >= 0.6 is 0 Å². The Balaban J connectivity index is 2.28. The molecule has 15 heavy (non-hydrogen) atoms. The predicted molar refractivity (Wildman–Crippen MR) is 53.0 cm³/mol. The number of nitrogen functional groups attached to an aromatic ring is 1. The molecule has 2 heterocycles. The van der Waals surface area contributed by atoms with Crippen LogP contribution in [0.15, 0.2) is 23.3 Å². The maximum Gasteiger partial charge on any atom is 0.269 e. The van der Waals surface area contributed by atoms with Gasteiger partial charge in [-0.05, 0) is 0 Å². The van der Waals surface area contributed by atoms with Crippen molar-refractivity contribution in [2.75, 3.05) is 5.73 Å². The van der Waals surface area contributed by atoms with Gasteiger partial charge in [0, 0.05) is 13.1 Å². The Morgan fingerprint density at radius 3 is 2.93 bits per heavy atom. The van der Waals surface area contributed by atoms with Crippen molar-refractivity contribution in [1.29, 1.82) is 0 Å². The van der Waals surface area contributed by atoms with E-state index in [1.165, 1.54) is 16.9 Å². The highest BCUT2D eigenvalue weighted by Gasteiger charge is 2.02. The summed E-state index contributed by atoms with van der Waals surface area (Å²) in [7, 11) is 1.76. The first-order chi connectivity index (χ1) is 7.15. The van der Waals surface area contributed by atoms with Gasteiger partial charge < -0.3 is 5.73 Å². The fourth-order valence-corrected chi connectivity index (χ4v) is 1.19. The molecule has 0 fully saturated rings. The van der Waals surface area contributed by atoms with Crippen molar-refractivity contribution < 1.29 is 0 Å². The summed E-state index contributed by atoms with van der Waals surface area (Å²) < 4.78 is 2.85. The zero-order chi connectivity index (χ0) is 10.8. The molecule has 2 aromatic rings. The third-order valence-electron chi connectivity index (χ3n) is 1.85. The molecule has 0 unspecified atom stereocenters. The SMILES string of the molecule is Cn1cc(Cn2ncc(N)cc2=O)nn1. The molecule has 0 aromatic carbocycles. The van der Waals surface area contributed by atoms with Gasteiger partial charge in [-0.2, -0.15) is 5.10 Å². The van der Waals surface area contributed by atoms with E-state index >= 15 is 0 Å². The van der Waals surface area contributed by atoms with Crippen molar-refractivity contribution >= 4 is 5.69 Å². The number of hydrogen-bond donors (Lipinski definition) is 1. The molecule has 7 heteroatoms. The van der Waals surface area contributed by atoms with Crippen molar-refractivity contribution in [2.45, 2.75) is 6.54 Å². The second kappa shape index (κ2) is 3.52. The Morgan fingerprint density at radius 1 is 1.53 bits per heavy atom. The van der Waals surface area contributed by atoms with Crippen molar-refractivity contribution in [3.05, 3.63) is 34.5 Å². The number of nitrogens with zero attached hydrogens (tertiary/aromatic N) is 5. The zero-order valence-corrected chi connectivity index (χ0v) is 8.16. The highest BCUT2D eigenvalue weighted by molar-refractivity contribution is 5.31. The minimum Gasteiger partial charge on any atom is -0.397 e. The van der Waals surface area contributed by atoms with Crippen molar-refractivity contribution in [3.63, 3.8) is 0 Å². The smallest absolute Gasteiger partial charge is 0.269 e. The summed E-state index contributed by atoms with van der Waals surface area (Å²) in [5, 5.41) is 11.5. The lowest BCUT2D eigenvalue weighted by Crippen LogP contribution is -2.23. The molecule has 0 amide bonds. The summed E-state index contributed by atoms with van der Waals surface area (Å²) in [4.78, 5) is 11.4. The summed E-state index contributed by atoms with van der Waals surface area (Å²) in [5.41, 5.74) is 6.20. The normalized spacial score (nSPS) is 10.5. The molecule has 7 nitrogen and oxygen atoms in total. The van der Waals surface area contributed by atoms with Gasteiger partial charge in [-0.25, -0.2) is 4.68 Å². The van der Waals surface area contributed by atoms with Crippen molar-refractivity contribution in [2.24, 2.45) is 7.05 Å². The van der Waals surface area contributed by atoms with E-state index in [-0.39, 0.29) is 5.56 Å². The molecule has 78 valence electrons. The summed E-state index contributed by atoms with van der Waals surface area (Å²) in [6.45, 7) is 0.299. The Labute approximate surface area is 85.1 Å². The fourth-order valence-electron chi connectivity index (χ4n) is 1.19. The molecule has 0 aliphatic carbocycles. The number of anilines is 1. The third kappa shape index (κ3) is 2.01. The van der Waals surface area contributed by atoms with Gasteiger partial charge in [-0.15, -0.1) is 5.10 Å². The van der Waals surface area contributed by atoms with E-state index in [1.807, 2.05) is 0 Å². The van der Waals surface area contributed by atoms with Crippen LogP contribution in [-0.2, 0) is 13.6 Å². The molecule has 0 atom stereocenters. The molecular formula is C8H10N6O. The molecule has 0 bridgehead atoms. The van der Waals surface area contributed by atoms with Gasteiger partial charge in [0.05, 0.1) is 24.6 Å². The quantitative estimate of drug-likeness (QED) is 0.680. The monoisotopic (exact) mass is 206 g/mol. The van der Waals surface area contributed by atoms with Gasteiger partial charge in [0.1, 0.15) is 5.69 Å². The van der Waals surface area contributed by atoms with E-state index in [9.17, 15) is 4.79 Å². The Kier molecular flexibility index (Phi) is 2.20. The first-order valence-corrected chi connectivity index (χ1v) is 4.33. The lowest BCUT2D eigenvalue weighted by molar-refractivity contribution is 0.627. The Bertz CT molecular complexity index is 528. The summed E-state index contributed by atoms with van der Waals surface area (Å²) >= 11 is 0. The van der Waals surface area contributed by atoms with Crippen molar-refractivity contribution in [1.82, 2.24) is 24.8 Å². The zero-order valence-electron chi connectivity index (χ0n) is 8.16. The number of nitrogens with two attached hydrogens (primary N) is 1. The highest BCUT2D eigenvalue weighted by Crippen LogP contribution is 1.95. The van der Waals surface area contributed by atoms with E-state index in [1.54, 1.807) is 17.9 Å². The van der Waals surface area contributed by atoms with Gasteiger partial charge in [0.25, 0.3) is 5.56 Å². The minimum absolute atomic E-state index is 0.249. The standard InChI is InChI=1S/C8H10N6O/c1-13-4-7(11-12-13)5-14-8(15)2-6(9)3-10-14/h2-4H,5,9H2,1H3. The van der Waals surface area contributed by atoms with Crippen LogP contribution in [0.5, 0.6) is 0 Å². The largest absolute Gasteiger partial charge is 0.397 e. The van der Waals surface area contributed by atoms with Gasteiger partial charge in [0.2, 0.25) is 0 Å². The van der Waals surface area contributed by atoms with Crippen molar-refractivity contribution in [3.8, 4) is 0 Å². The molecule has 0 saturated carbocycles. The number of rotatable bonds is 2. The third-order valence-corrected chi connectivity index (χ3v) is 1.85. The number of aromatic nitrogens is 5. The van der Waals surface area contributed by atoms with E-state index in [0.717, 1.165) is 0 Å². The van der Waals surface area contributed by atoms with E-state index in [0.29, 0.717) is 17.9 Å². The van der Waals surface area contributed by atoms with E-state index in [2.05, 4.69) is 15.4 Å². The molecule has 2 aromatic heterocycles. The van der Waals surface area contributed by atoms with E-state index in [4.69, 9.17) is 5.73 Å². The van der Waals surface area contributed by atoms with Crippen LogP contribution in [0, 0.1) is 0 Å². The molecule has 0 aliphatic heterocycles. The van der Waals surface area contributed by atoms with Crippen LogP contribution in [0.4, 0.5) is 5.69 Å². The first-order valence-electron chi connectivity index (χ1n) is 4.33. The average Bonchev–Trinajstić information content (AvgIpc) is 2.56. The lowest BCUT2D eigenvalue weighted by Gasteiger charge is -2.00. The van der Waals surface area contributed by atoms with Crippen LogP contribution in [0.2, 0.25) is 0 Å². The fraction of sp³-hybridized carbons (Fsp3) is 0.250. The maximum atomic E-state index is 11.4. The van der Waals surface area contributed by atoms with Crippen LogP contribution < -0.4 is 11.3 Å². The number of aryl methyl sites for hydroxylation is 1. The average molecular weight is 206 g/mol. The molecule has 2 N–H and O–H groups in total. The molecule has 0 radical (unpaired) electrons. The minimum atomic E-state index is -0.249. The molecule has 0 aliphatic rings. The van der Waals surface area contributed by atoms with Gasteiger partial charge in [-0.1, -0.05) is 5.21 Å². The van der Waals surface area contributed by atoms with Crippen LogP contribution in [0.1, 0.15) is 5.69 Å². The topological polar surface area (TPSA) is 91.6 Å². The maximum absolute atomic E-state index is 11.4. The van der Waals surface area contributed by atoms with Gasteiger partial charge in [-0.3, -0.25) is 9.48 Å². The Morgan fingerprint density at radius 2 is 2.33 bits per heavy atom.